The molecule has 0 aliphatic carbocycles. The summed E-state index contributed by atoms with van der Waals surface area (Å²) in [6.45, 7) is 0. The lowest BCUT2D eigenvalue weighted by Gasteiger charge is -2.14. The SMILES string of the molecule is COc1nccnc1C(O)c1c(F)cc(Br)cc1F. The van der Waals surface area contributed by atoms with Crippen molar-refractivity contribution in [3.05, 3.63) is 51.9 Å². The molecule has 1 aromatic carbocycles. The van der Waals surface area contributed by atoms with Crippen molar-refractivity contribution in [2.45, 2.75) is 6.10 Å². The molecule has 1 aromatic heterocycles. The van der Waals surface area contributed by atoms with E-state index in [-0.39, 0.29) is 16.0 Å². The molecule has 0 radical (unpaired) electrons. The van der Waals surface area contributed by atoms with Gasteiger partial charge in [0.2, 0.25) is 5.88 Å². The fourth-order valence-electron chi connectivity index (χ4n) is 1.63. The van der Waals surface area contributed by atoms with E-state index in [1.807, 2.05) is 0 Å². The number of ether oxygens (including phenoxy) is 1. The fourth-order valence-corrected chi connectivity index (χ4v) is 2.03. The van der Waals surface area contributed by atoms with Crippen LogP contribution in [0.4, 0.5) is 8.78 Å². The molecule has 1 N–H and O–H groups in total. The van der Waals surface area contributed by atoms with E-state index >= 15 is 0 Å². The molecule has 0 aliphatic rings. The van der Waals surface area contributed by atoms with Crippen molar-refractivity contribution in [3.63, 3.8) is 0 Å². The lowest BCUT2D eigenvalue weighted by molar-refractivity contribution is 0.197. The molecule has 1 atom stereocenters. The smallest absolute Gasteiger partial charge is 0.238 e. The number of aromatic nitrogens is 2. The van der Waals surface area contributed by atoms with Crippen LogP contribution in [0.25, 0.3) is 0 Å². The van der Waals surface area contributed by atoms with E-state index < -0.39 is 23.3 Å². The molecule has 19 heavy (non-hydrogen) atoms. The van der Waals surface area contributed by atoms with E-state index in [2.05, 4.69) is 25.9 Å². The van der Waals surface area contributed by atoms with Crippen molar-refractivity contribution >= 4 is 15.9 Å². The summed E-state index contributed by atoms with van der Waals surface area (Å²) in [6, 6.07) is 2.12. The van der Waals surface area contributed by atoms with Gasteiger partial charge in [-0.3, -0.25) is 4.98 Å². The average Bonchev–Trinajstić information content (AvgIpc) is 2.37. The molecule has 0 amide bonds. The summed E-state index contributed by atoms with van der Waals surface area (Å²) in [5, 5.41) is 10.1. The van der Waals surface area contributed by atoms with Gasteiger partial charge in [0.15, 0.2) is 0 Å². The Kier molecular flexibility index (Phi) is 4.06. The lowest BCUT2D eigenvalue weighted by Crippen LogP contribution is -2.10. The highest BCUT2D eigenvalue weighted by Gasteiger charge is 2.25. The highest BCUT2D eigenvalue weighted by Crippen LogP contribution is 2.31. The van der Waals surface area contributed by atoms with Crippen molar-refractivity contribution in [2.24, 2.45) is 0 Å². The second kappa shape index (κ2) is 5.58. The number of methoxy groups -OCH3 is 1. The summed E-state index contributed by atoms with van der Waals surface area (Å²) in [6.07, 6.45) is 1.05. The van der Waals surface area contributed by atoms with Gasteiger partial charge >= 0.3 is 0 Å². The Morgan fingerprint density at radius 2 is 1.79 bits per heavy atom. The Labute approximate surface area is 116 Å². The molecule has 1 heterocycles. The van der Waals surface area contributed by atoms with Crippen molar-refractivity contribution < 1.29 is 18.6 Å². The van der Waals surface area contributed by atoms with E-state index in [1.165, 1.54) is 19.5 Å². The van der Waals surface area contributed by atoms with Gasteiger partial charge in [-0.15, -0.1) is 0 Å². The second-order valence-electron chi connectivity index (χ2n) is 3.64. The number of aliphatic hydroxyl groups is 1. The van der Waals surface area contributed by atoms with Crippen LogP contribution in [0.3, 0.4) is 0 Å². The van der Waals surface area contributed by atoms with Gasteiger partial charge in [-0.2, -0.15) is 0 Å². The molecule has 0 aliphatic heterocycles. The summed E-state index contributed by atoms with van der Waals surface area (Å²) in [5.41, 5.74) is -0.549. The van der Waals surface area contributed by atoms with Crippen molar-refractivity contribution in [1.82, 2.24) is 9.97 Å². The Balaban J connectivity index is 2.53. The van der Waals surface area contributed by atoms with E-state index in [0.29, 0.717) is 0 Å². The van der Waals surface area contributed by atoms with Gasteiger partial charge in [0.05, 0.1) is 12.7 Å². The number of halogens is 3. The van der Waals surface area contributed by atoms with Crippen LogP contribution in [0.5, 0.6) is 5.88 Å². The highest BCUT2D eigenvalue weighted by molar-refractivity contribution is 9.10. The van der Waals surface area contributed by atoms with Crippen molar-refractivity contribution in [2.75, 3.05) is 7.11 Å². The molecule has 7 heteroatoms. The molecule has 0 fully saturated rings. The quantitative estimate of drug-likeness (QED) is 0.939. The average molecular weight is 331 g/mol. The zero-order valence-corrected chi connectivity index (χ0v) is 11.4. The molecular formula is C12H9BrF2N2O2. The van der Waals surface area contributed by atoms with E-state index in [1.54, 1.807) is 0 Å². The summed E-state index contributed by atoms with van der Waals surface area (Å²) < 4.78 is 32.7. The lowest BCUT2D eigenvalue weighted by atomic mass is 10.1. The predicted octanol–water partition coefficient (Wildman–Crippen LogP) is 2.61. The van der Waals surface area contributed by atoms with Gasteiger partial charge in [-0.25, -0.2) is 13.8 Å². The van der Waals surface area contributed by atoms with Crippen LogP contribution in [0.2, 0.25) is 0 Å². The molecule has 2 rings (SSSR count). The first-order valence-electron chi connectivity index (χ1n) is 5.22. The van der Waals surface area contributed by atoms with Crippen LogP contribution in [0.1, 0.15) is 17.4 Å². The molecule has 0 saturated heterocycles. The number of rotatable bonds is 3. The summed E-state index contributed by atoms with van der Waals surface area (Å²) >= 11 is 2.97. The van der Waals surface area contributed by atoms with Crippen molar-refractivity contribution in [1.29, 1.82) is 0 Å². The molecule has 0 saturated carbocycles. The molecule has 2 aromatic rings. The Morgan fingerprint density at radius 1 is 1.21 bits per heavy atom. The molecule has 100 valence electrons. The van der Waals surface area contributed by atoms with E-state index in [0.717, 1.165) is 12.1 Å². The van der Waals surface area contributed by atoms with Gasteiger partial charge in [0, 0.05) is 16.9 Å². The van der Waals surface area contributed by atoms with Gasteiger partial charge in [-0.1, -0.05) is 15.9 Å². The van der Waals surface area contributed by atoms with Crippen molar-refractivity contribution in [3.8, 4) is 5.88 Å². The largest absolute Gasteiger partial charge is 0.480 e. The monoisotopic (exact) mass is 330 g/mol. The minimum Gasteiger partial charge on any atom is -0.480 e. The molecule has 1 unspecified atom stereocenters. The molecular weight excluding hydrogens is 322 g/mol. The minimum atomic E-state index is -1.60. The van der Waals surface area contributed by atoms with Crippen LogP contribution in [0.15, 0.2) is 29.0 Å². The van der Waals surface area contributed by atoms with Crippen LogP contribution >= 0.6 is 15.9 Å². The van der Waals surface area contributed by atoms with E-state index in [4.69, 9.17) is 4.74 Å². The highest BCUT2D eigenvalue weighted by atomic mass is 79.9. The summed E-state index contributed by atoms with van der Waals surface area (Å²) in [7, 11) is 1.33. The number of nitrogens with zero attached hydrogens (tertiary/aromatic N) is 2. The van der Waals surface area contributed by atoms with Gasteiger partial charge in [0.1, 0.15) is 23.4 Å². The van der Waals surface area contributed by atoms with Crippen LogP contribution in [-0.4, -0.2) is 22.2 Å². The van der Waals surface area contributed by atoms with Crippen LogP contribution in [0, 0.1) is 11.6 Å². The maximum absolute atomic E-state index is 13.8. The molecule has 0 bridgehead atoms. The maximum atomic E-state index is 13.8. The fraction of sp³-hybridized carbons (Fsp3) is 0.167. The first-order valence-corrected chi connectivity index (χ1v) is 6.01. The Hall–Kier alpha value is -1.60. The van der Waals surface area contributed by atoms with E-state index in [9.17, 15) is 13.9 Å². The Bertz CT molecular complexity index is 587. The first kappa shape index (κ1) is 13.8. The van der Waals surface area contributed by atoms with Crippen LogP contribution in [-0.2, 0) is 0 Å². The summed E-state index contributed by atoms with van der Waals surface area (Å²) in [4.78, 5) is 7.67. The molecule has 0 spiro atoms. The second-order valence-corrected chi connectivity index (χ2v) is 4.55. The van der Waals surface area contributed by atoms with Gasteiger partial charge in [0.25, 0.3) is 0 Å². The van der Waals surface area contributed by atoms with Gasteiger partial charge in [-0.05, 0) is 12.1 Å². The first-order chi connectivity index (χ1) is 9.04. The third-order valence-electron chi connectivity index (χ3n) is 2.46. The maximum Gasteiger partial charge on any atom is 0.238 e. The van der Waals surface area contributed by atoms with Gasteiger partial charge < -0.3 is 9.84 Å². The Morgan fingerprint density at radius 3 is 2.37 bits per heavy atom. The van der Waals surface area contributed by atoms with Crippen LogP contribution < -0.4 is 4.74 Å². The standard InChI is InChI=1S/C12H9BrF2N2O2/c1-19-12-10(16-2-3-17-12)11(18)9-7(14)4-6(13)5-8(9)15/h2-5,11,18H,1H3. The topological polar surface area (TPSA) is 55.2 Å². The number of hydrogen-bond donors (Lipinski definition) is 1. The summed E-state index contributed by atoms with van der Waals surface area (Å²) in [5.74, 6) is -1.75. The normalized spacial score (nSPS) is 12.3. The minimum absolute atomic E-state index is 0.0109. The number of aliphatic hydroxyl groups excluding tert-OH is 1. The predicted molar refractivity (Wildman–Crippen MR) is 66.7 cm³/mol. The zero-order chi connectivity index (χ0) is 14.0. The third-order valence-corrected chi connectivity index (χ3v) is 2.92. The third kappa shape index (κ3) is 2.71. The number of benzene rings is 1. The zero-order valence-electron chi connectivity index (χ0n) is 9.77. The number of hydrogen-bond acceptors (Lipinski definition) is 4. The molecule has 4 nitrogen and oxygen atoms in total.